The van der Waals surface area contributed by atoms with E-state index in [1.54, 1.807) is 0 Å². The van der Waals surface area contributed by atoms with Gasteiger partial charge in [0.25, 0.3) is 0 Å². The van der Waals surface area contributed by atoms with Crippen LogP contribution in [0.2, 0.25) is 0 Å². The summed E-state index contributed by atoms with van der Waals surface area (Å²) in [4.78, 5) is 2.94. The molecule has 4 unspecified atom stereocenters. The Kier molecular flexibility index (Phi) is 4.48. The zero-order valence-corrected chi connectivity index (χ0v) is 12.9. The second-order valence-corrected chi connectivity index (χ2v) is 7.13. The van der Waals surface area contributed by atoms with Gasteiger partial charge in [-0.3, -0.25) is 4.90 Å². The molecule has 110 valence electrons. The average molecular weight is 264 g/mol. The van der Waals surface area contributed by atoms with Crippen molar-refractivity contribution in [3.8, 4) is 0 Å². The van der Waals surface area contributed by atoms with Crippen molar-refractivity contribution in [1.82, 2.24) is 10.2 Å². The van der Waals surface area contributed by atoms with Crippen LogP contribution in [0.5, 0.6) is 0 Å². The third-order valence-corrected chi connectivity index (χ3v) is 5.97. The van der Waals surface area contributed by atoms with Gasteiger partial charge in [0.2, 0.25) is 0 Å². The summed E-state index contributed by atoms with van der Waals surface area (Å²) in [5, 5.41) is 3.84. The van der Waals surface area contributed by atoms with Crippen LogP contribution in [0.1, 0.15) is 65.2 Å². The van der Waals surface area contributed by atoms with E-state index in [0.717, 1.165) is 30.0 Å². The first kappa shape index (κ1) is 13.9. The molecule has 3 rings (SSSR count). The quantitative estimate of drug-likeness (QED) is 0.837. The van der Waals surface area contributed by atoms with Crippen molar-refractivity contribution in [2.45, 2.75) is 83.3 Å². The standard InChI is InChI=1S/C17H32N2/c1-3-13-7-5-6-8-17(13)19-12-16(14-9-10-14)18-11-15(19)4-2/h13-18H,3-12H2,1-2H3. The molecule has 2 nitrogen and oxygen atoms in total. The van der Waals surface area contributed by atoms with E-state index in [2.05, 4.69) is 24.1 Å². The van der Waals surface area contributed by atoms with Crippen molar-refractivity contribution in [2.24, 2.45) is 11.8 Å². The van der Waals surface area contributed by atoms with Gasteiger partial charge in [0.15, 0.2) is 0 Å². The molecule has 0 amide bonds. The molecular weight excluding hydrogens is 232 g/mol. The number of nitrogens with one attached hydrogen (secondary N) is 1. The van der Waals surface area contributed by atoms with E-state index in [1.165, 1.54) is 64.5 Å². The number of rotatable bonds is 4. The Morgan fingerprint density at radius 2 is 1.79 bits per heavy atom. The molecule has 1 aliphatic heterocycles. The molecule has 3 fully saturated rings. The summed E-state index contributed by atoms with van der Waals surface area (Å²) in [6.07, 6.45) is 11.5. The maximum Gasteiger partial charge on any atom is 0.0224 e. The second-order valence-electron chi connectivity index (χ2n) is 7.13. The molecule has 1 saturated heterocycles. The molecule has 4 atom stereocenters. The fraction of sp³-hybridized carbons (Fsp3) is 1.00. The molecule has 0 bridgehead atoms. The molecule has 1 heterocycles. The van der Waals surface area contributed by atoms with Crippen LogP contribution >= 0.6 is 0 Å². The van der Waals surface area contributed by atoms with E-state index in [9.17, 15) is 0 Å². The summed E-state index contributed by atoms with van der Waals surface area (Å²) in [6, 6.07) is 2.50. The van der Waals surface area contributed by atoms with E-state index in [0.29, 0.717) is 0 Å². The topological polar surface area (TPSA) is 15.3 Å². The first-order valence-electron chi connectivity index (χ1n) is 8.82. The van der Waals surface area contributed by atoms with Crippen LogP contribution in [-0.4, -0.2) is 36.1 Å². The lowest BCUT2D eigenvalue weighted by Gasteiger charge is -2.48. The average Bonchev–Trinajstić information content (AvgIpc) is 3.31. The van der Waals surface area contributed by atoms with Crippen LogP contribution < -0.4 is 5.32 Å². The van der Waals surface area contributed by atoms with Crippen LogP contribution in [0.15, 0.2) is 0 Å². The normalized spacial score (nSPS) is 41.4. The summed E-state index contributed by atoms with van der Waals surface area (Å²) < 4.78 is 0. The smallest absolute Gasteiger partial charge is 0.0224 e. The van der Waals surface area contributed by atoms with Gasteiger partial charge in [-0.05, 0) is 43.9 Å². The fourth-order valence-electron chi connectivity index (χ4n) is 4.55. The van der Waals surface area contributed by atoms with Crippen LogP contribution in [-0.2, 0) is 0 Å². The Morgan fingerprint density at radius 3 is 2.47 bits per heavy atom. The van der Waals surface area contributed by atoms with E-state index < -0.39 is 0 Å². The lowest BCUT2D eigenvalue weighted by Crippen LogP contribution is -2.61. The Morgan fingerprint density at radius 1 is 1.00 bits per heavy atom. The third kappa shape index (κ3) is 3.00. The Balaban J connectivity index is 1.69. The molecule has 2 heteroatoms. The maximum absolute atomic E-state index is 3.84. The third-order valence-electron chi connectivity index (χ3n) is 5.97. The van der Waals surface area contributed by atoms with Crippen molar-refractivity contribution >= 4 is 0 Å². The van der Waals surface area contributed by atoms with Crippen molar-refractivity contribution in [1.29, 1.82) is 0 Å². The largest absolute Gasteiger partial charge is 0.311 e. The first-order valence-corrected chi connectivity index (χ1v) is 8.82. The van der Waals surface area contributed by atoms with Crippen LogP contribution in [0.4, 0.5) is 0 Å². The van der Waals surface area contributed by atoms with Gasteiger partial charge in [0.05, 0.1) is 0 Å². The minimum Gasteiger partial charge on any atom is -0.311 e. The summed E-state index contributed by atoms with van der Waals surface area (Å²) in [5.41, 5.74) is 0. The van der Waals surface area contributed by atoms with E-state index in [4.69, 9.17) is 0 Å². The summed E-state index contributed by atoms with van der Waals surface area (Å²) >= 11 is 0. The Labute approximate surface area is 119 Å². The van der Waals surface area contributed by atoms with Crippen molar-refractivity contribution < 1.29 is 0 Å². The van der Waals surface area contributed by atoms with Gasteiger partial charge in [-0.15, -0.1) is 0 Å². The molecule has 19 heavy (non-hydrogen) atoms. The van der Waals surface area contributed by atoms with Gasteiger partial charge in [0, 0.05) is 31.2 Å². The predicted molar refractivity (Wildman–Crippen MR) is 81.3 cm³/mol. The highest BCUT2D eigenvalue weighted by Crippen LogP contribution is 2.38. The van der Waals surface area contributed by atoms with Crippen LogP contribution in [0.3, 0.4) is 0 Å². The molecule has 2 aliphatic carbocycles. The summed E-state index contributed by atoms with van der Waals surface area (Å²) in [6.45, 7) is 7.36. The highest BCUT2D eigenvalue weighted by molar-refractivity contribution is 4.97. The Bertz CT molecular complexity index is 287. The summed E-state index contributed by atoms with van der Waals surface area (Å²) in [5.74, 6) is 1.98. The van der Waals surface area contributed by atoms with Gasteiger partial charge in [-0.2, -0.15) is 0 Å². The first-order chi connectivity index (χ1) is 9.33. The second kappa shape index (κ2) is 6.13. The van der Waals surface area contributed by atoms with Gasteiger partial charge in [-0.25, -0.2) is 0 Å². The predicted octanol–water partition coefficient (Wildman–Crippen LogP) is 3.42. The highest BCUT2D eigenvalue weighted by atomic mass is 15.3. The molecule has 0 aromatic heterocycles. The molecular formula is C17H32N2. The van der Waals surface area contributed by atoms with Gasteiger partial charge in [-0.1, -0.05) is 33.1 Å². The van der Waals surface area contributed by atoms with Gasteiger partial charge in [0.1, 0.15) is 0 Å². The van der Waals surface area contributed by atoms with Crippen molar-refractivity contribution in [3.05, 3.63) is 0 Å². The van der Waals surface area contributed by atoms with Gasteiger partial charge >= 0.3 is 0 Å². The lowest BCUT2D eigenvalue weighted by molar-refractivity contribution is 0.0240. The van der Waals surface area contributed by atoms with E-state index >= 15 is 0 Å². The zero-order valence-electron chi connectivity index (χ0n) is 12.9. The molecule has 3 aliphatic rings. The number of piperazine rings is 1. The molecule has 0 aromatic rings. The van der Waals surface area contributed by atoms with Crippen molar-refractivity contribution in [3.63, 3.8) is 0 Å². The lowest BCUT2D eigenvalue weighted by atomic mass is 9.80. The number of nitrogens with zero attached hydrogens (tertiary/aromatic N) is 1. The molecule has 0 spiro atoms. The summed E-state index contributed by atoms with van der Waals surface area (Å²) in [7, 11) is 0. The highest BCUT2D eigenvalue weighted by Gasteiger charge is 2.40. The van der Waals surface area contributed by atoms with Crippen LogP contribution in [0.25, 0.3) is 0 Å². The van der Waals surface area contributed by atoms with Crippen molar-refractivity contribution in [2.75, 3.05) is 13.1 Å². The number of hydrogen-bond acceptors (Lipinski definition) is 2. The maximum atomic E-state index is 3.84. The van der Waals surface area contributed by atoms with Gasteiger partial charge < -0.3 is 5.32 Å². The SMILES string of the molecule is CCC1CCCCC1N1CC(C2CC2)NCC1CC. The van der Waals surface area contributed by atoms with E-state index in [1.807, 2.05) is 0 Å². The zero-order chi connectivity index (χ0) is 13.2. The van der Waals surface area contributed by atoms with E-state index in [-0.39, 0.29) is 0 Å². The molecule has 0 aromatic carbocycles. The fourth-order valence-corrected chi connectivity index (χ4v) is 4.55. The number of hydrogen-bond donors (Lipinski definition) is 1. The van der Waals surface area contributed by atoms with Crippen LogP contribution in [0, 0.1) is 11.8 Å². The minimum absolute atomic E-state index is 0.798. The molecule has 2 saturated carbocycles. The molecule has 0 radical (unpaired) electrons. The molecule has 1 N–H and O–H groups in total. The minimum atomic E-state index is 0.798. The Hall–Kier alpha value is -0.0800. The monoisotopic (exact) mass is 264 g/mol.